The highest BCUT2D eigenvalue weighted by Crippen LogP contribution is 2.22. The average Bonchev–Trinajstić information content (AvgIpc) is 3.01. The lowest BCUT2D eigenvalue weighted by Crippen LogP contribution is -2.46. The first-order valence-electron chi connectivity index (χ1n) is 7.29. The Morgan fingerprint density at radius 3 is 2.70 bits per heavy atom. The molecule has 0 aliphatic carbocycles. The van der Waals surface area contributed by atoms with Gasteiger partial charge in [0.15, 0.2) is 0 Å². The molecule has 0 saturated carbocycles. The van der Waals surface area contributed by atoms with Crippen LogP contribution in [0.3, 0.4) is 0 Å². The fourth-order valence-electron chi connectivity index (χ4n) is 2.92. The van der Waals surface area contributed by atoms with Gasteiger partial charge in [0.1, 0.15) is 0 Å². The van der Waals surface area contributed by atoms with Crippen molar-refractivity contribution in [2.75, 3.05) is 39.4 Å². The summed E-state index contributed by atoms with van der Waals surface area (Å²) >= 11 is 1.70. The summed E-state index contributed by atoms with van der Waals surface area (Å²) in [6.07, 6.45) is 3.90. The number of hydrogen-bond donors (Lipinski definition) is 0. The molecule has 5 nitrogen and oxygen atoms in total. The Hall–Kier alpha value is -0.980. The maximum Gasteiger partial charge on any atom is 0.225 e. The fraction of sp³-hybridized carbons (Fsp3) is 0.714. The maximum absolute atomic E-state index is 12.4. The van der Waals surface area contributed by atoms with E-state index in [-0.39, 0.29) is 5.92 Å². The van der Waals surface area contributed by atoms with E-state index in [4.69, 9.17) is 4.74 Å². The molecule has 3 heterocycles. The Balaban J connectivity index is 1.46. The van der Waals surface area contributed by atoms with Crippen molar-refractivity contribution in [3.63, 3.8) is 0 Å². The Morgan fingerprint density at radius 1 is 1.30 bits per heavy atom. The number of piperidine rings is 1. The van der Waals surface area contributed by atoms with Crippen molar-refractivity contribution < 1.29 is 9.53 Å². The summed E-state index contributed by atoms with van der Waals surface area (Å²) in [5.74, 6) is 0.552. The van der Waals surface area contributed by atoms with Crippen LogP contribution in [0.15, 0.2) is 11.7 Å². The van der Waals surface area contributed by atoms with Gasteiger partial charge < -0.3 is 9.64 Å². The maximum atomic E-state index is 12.4. The van der Waals surface area contributed by atoms with Crippen molar-refractivity contribution in [1.29, 1.82) is 0 Å². The zero-order chi connectivity index (χ0) is 13.8. The molecule has 1 aromatic heterocycles. The molecular weight excluding hydrogens is 274 g/mol. The Labute approximate surface area is 123 Å². The third kappa shape index (κ3) is 3.37. The molecule has 3 rings (SSSR count). The van der Waals surface area contributed by atoms with E-state index in [1.54, 1.807) is 11.3 Å². The third-order valence-electron chi connectivity index (χ3n) is 4.12. The number of amides is 1. The predicted octanol–water partition coefficient (Wildman–Crippen LogP) is 1.21. The van der Waals surface area contributed by atoms with Gasteiger partial charge in [0.25, 0.3) is 0 Å². The molecule has 6 heteroatoms. The summed E-state index contributed by atoms with van der Waals surface area (Å²) in [6.45, 7) is 5.91. The van der Waals surface area contributed by atoms with E-state index in [9.17, 15) is 4.79 Å². The lowest BCUT2D eigenvalue weighted by Gasteiger charge is -2.35. The Morgan fingerprint density at radius 2 is 2.05 bits per heavy atom. The van der Waals surface area contributed by atoms with Crippen LogP contribution < -0.4 is 0 Å². The van der Waals surface area contributed by atoms with Crippen molar-refractivity contribution in [3.05, 3.63) is 16.6 Å². The molecular formula is C14H21N3O2S. The highest BCUT2D eigenvalue weighted by Gasteiger charge is 2.29. The van der Waals surface area contributed by atoms with Crippen molar-refractivity contribution >= 4 is 17.2 Å². The standard InChI is InChI=1S/C14H21N3O2S/c18-14(17-5-7-19-8-6-17)12-1-3-16(4-2-12)10-13-9-15-11-20-13/h9,11-12H,1-8,10H2. The van der Waals surface area contributed by atoms with E-state index in [0.717, 1.165) is 45.6 Å². The van der Waals surface area contributed by atoms with Crippen LogP contribution in [0.2, 0.25) is 0 Å². The number of rotatable bonds is 3. The quantitative estimate of drug-likeness (QED) is 0.841. The Bertz CT molecular complexity index is 424. The van der Waals surface area contributed by atoms with Crippen LogP contribution in [0.1, 0.15) is 17.7 Å². The average molecular weight is 295 g/mol. The molecule has 20 heavy (non-hydrogen) atoms. The molecule has 110 valence electrons. The molecule has 2 saturated heterocycles. The van der Waals surface area contributed by atoms with E-state index in [1.807, 2.05) is 16.6 Å². The van der Waals surface area contributed by atoms with Gasteiger partial charge in [-0.25, -0.2) is 0 Å². The van der Waals surface area contributed by atoms with Gasteiger partial charge >= 0.3 is 0 Å². The summed E-state index contributed by atoms with van der Waals surface area (Å²) in [7, 11) is 0. The van der Waals surface area contributed by atoms with E-state index >= 15 is 0 Å². The molecule has 0 atom stereocenters. The van der Waals surface area contributed by atoms with Gasteiger partial charge in [-0.2, -0.15) is 0 Å². The van der Waals surface area contributed by atoms with Crippen LogP contribution in [-0.2, 0) is 16.1 Å². The lowest BCUT2D eigenvalue weighted by molar-refractivity contribution is -0.141. The molecule has 1 aromatic rings. The first-order chi connectivity index (χ1) is 9.83. The first kappa shape index (κ1) is 14.0. The smallest absolute Gasteiger partial charge is 0.225 e. The van der Waals surface area contributed by atoms with Crippen LogP contribution in [0.5, 0.6) is 0 Å². The molecule has 0 N–H and O–H groups in total. The number of nitrogens with zero attached hydrogens (tertiary/aromatic N) is 3. The summed E-state index contributed by atoms with van der Waals surface area (Å²) in [6, 6.07) is 0. The molecule has 1 amide bonds. The minimum Gasteiger partial charge on any atom is -0.378 e. The van der Waals surface area contributed by atoms with Gasteiger partial charge in [0.05, 0.1) is 18.7 Å². The minimum absolute atomic E-state index is 0.214. The van der Waals surface area contributed by atoms with Gasteiger partial charge in [-0.3, -0.25) is 14.7 Å². The molecule has 0 unspecified atom stereocenters. The lowest BCUT2D eigenvalue weighted by atomic mass is 9.95. The number of likely N-dealkylation sites (tertiary alicyclic amines) is 1. The molecule has 2 aliphatic heterocycles. The fourth-order valence-corrected chi connectivity index (χ4v) is 3.56. The monoisotopic (exact) mass is 295 g/mol. The minimum atomic E-state index is 0.214. The molecule has 0 aromatic carbocycles. The van der Waals surface area contributed by atoms with Crippen LogP contribution in [0.25, 0.3) is 0 Å². The second-order valence-electron chi connectivity index (χ2n) is 5.46. The van der Waals surface area contributed by atoms with Crippen molar-refractivity contribution in [1.82, 2.24) is 14.8 Å². The number of morpholine rings is 1. The van der Waals surface area contributed by atoms with E-state index in [2.05, 4.69) is 9.88 Å². The van der Waals surface area contributed by atoms with Crippen LogP contribution in [0.4, 0.5) is 0 Å². The zero-order valence-corrected chi connectivity index (χ0v) is 12.5. The number of hydrogen-bond acceptors (Lipinski definition) is 5. The van der Waals surface area contributed by atoms with E-state index in [0.29, 0.717) is 19.1 Å². The zero-order valence-electron chi connectivity index (χ0n) is 11.7. The summed E-state index contributed by atoms with van der Waals surface area (Å²) < 4.78 is 5.31. The highest BCUT2D eigenvalue weighted by molar-refractivity contribution is 7.09. The predicted molar refractivity (Wildman–Crippen MR) is 77.5 cm³/mol. The van der Waals surface area contributed by atoms with Crippen molar-refractivity contribution in [2.24, 2.45) is 5.92 Å². The summed E-state index contributed by atoms with van der Waals surface area (Å²) in [4.78, 5) is 22.2. The number of thiazole rings is 1. The molecule has 0 spiro atoms. The van der Waals surface area contributed by atoms with Gasteiger partial charge in [-0.1, -0.05) is 0 Å². The van der Waals surface area contributed by atoms with Crippen LogP contribution in [0, 0.1) is 5.92 Å². The van der Waals surface area contributed by atoms with Gasteiger partial charge in [0.2, 0.25) is 5.91 Å². The molecule has 2 aliphatic rings. The van der Waals surface area contributed by atoms with Crippen LogP contribution in [-0.4, -0.2) is 60.1 Å². The number of ether oxygens (including phenoxy) is 1. The van der Waals surface area contributed by atoms with Gasteiger partial charge in [-0.05, 0) is 25.9 Å². The van der Waals surface area contributed by atoms with Crippen LogP contribution >= 0.6 is 11.3 Å². The summed E-state index contributed by atoms with van der Waals surface area (Å²) in [5, 5.41) is 0. The largest absolute Gasteiger partial charge is 0.378 e. The number of carbonyl (C=O) groups excluding carboxylic acids is 1. The van der Waals surface area contributed by atoms with Crippen molar-refractivity contribution in [3.8, 4) is 0 Å². The molecule has 0 bridgehead atoms. The van der Waals surface area contributed by atoms with Gasteiger partial charge in [0, 0.05) is 36.6 Å². The third-order valence-corrected chi connectivity index (χ3v) is 4.89. The Kier molecular flexibility index (Phi) is 4.65. The number of aromatic nitrogens is 1. The SMILES string of the molecule is O=C(C1CCN(Cc2cncs2)CC1)N1CCOCC1. The second-order valence-corrected chi connectivity index (χ2v) is 6.43. The topological polar surface area (TPSA) is 45.7 Å². The summed E-state index contributed by atoms with van der Waals surface area (Å²) in [5.41, 5.74) is 1.88. The highest BCUT2D eigenvalue weighted by atomic mass is 32.1. The van der Waals surface area contributed by atoms with E-state index in [1.165, 1.54) is 4.88 Å². The van der Waals surface area contributed by atoms with E-state index < -0.39 is 0 Å². The van der Waals surface area contributed by atoms with Gasteiger partial charge in [-0.15, -0.1) is 11.3 Å². The number of carbonyl (C=O) groups is 1. The normalized spacial score (nSPS) is 22.1. The first-order valence-corrected chi connectivity index (χ1v) is 8.17. The van der Waals surface area contributed by atoms with Crippen molar-refractivity contribution in [2.45, 2.75) is 19.4 Å². The second kappa shape index (κ2) is 6.65. The molecule has 2 fully saturated rings. The molecule has 0 radical (unpaired) electrons.